The van der Waals surface area contributed by atoms with Crippen molar-refractivity contribution in [3.63, 3.8) is 0 Å². The van der Waals surface area contributed by atoms with Crippen LogP contribution in [-0.2, 0) is 11.3 Å². The number of carbonyl (C=O) groups excluding carboxylic acids is 1. The third kappa shape index (κ3) is 2.84. The first-order valence-corrected chi connectivity index (χ1v) is 8.94. The van der Waals surface area contributed by atoms with Gasteiger partial charge in [0.25, 0.3) is 5.56 Å². The maximum absolute atomic E-state index is 12.6. The minimum absolute atomic E-state index is 0.0499. The monoisotopic (exact) mass is 340 g/mol. The van der Waals surface area contributed by atoms with Crippen LogP contribution in [0.4, 0.5) is 0 Å². The molecule has 4 rings (SSSR count). The highest BCUT2D eigenvalue weighted by Crippen LogP contribution is 2.39. The molecule has 0 bridgehead atoms. The molecule has 0 aliphatic carbocycles. The summed E-state index contributed by atoms with van der Waals surface area (Å²) in [5, 5.41) is 0. The molecule has 1 amide bonds. The second-order valence-corrected chi connectivity index (χ2v) is 7.59. The third-order valence-electron chi connectivity index (χ3n) is 5.63. The van der Waals surface area contributed by atoms with Gasteiger partial charge in [0, 0.05) is 38.9 Å². The van der Waals surface area contributed by atoms with E-state index >= 15 is 0 Å². The molecule has 2 aromatic heterocycles. The van der Waals surface area contributed by atoms with E-state index in [-0.39, 0.29) is 16.9 Å². The summed E-state index contributed by atoms with van der Waals surface area (Å²) in [6, 6.07) is 5.46. The smallest absolute Gasteiger partial charge is 0.258 e. The molecule has 0 radical (unpaired) electrons. The van der Waals surface area contributed by atoms with Gasteiger partial charge in [-0.3, -0.25) is 18.9 Å². The summed E-state index contributed by atoms with van der Waals surface area (Å²) in [5.41, 5.74) is 2.21. The molecule has 132 valence electrons. The van der Waals surface area contributed by atoms with E-state index in [2.05, 4.69) is 9.88 Å². The molecule has 0 saturated carbocycles. The van der Waals surface area contributed by atoms with Crippen LogP contribution in [-0.4, -0.2) is 51.8 Å². The molecule has 1 spiro atoms. The predicted molar refractivity (Wildman–Crippen MR) is 95.4 cm³/mol. The van der Waals surface area contributed by atoms with Crippen molar-refractivity contribution in [3.8, 4) is 0 Å². The zero-order valence-corrected chi connectivity index (χ0v) is 14.9. The standard InChI is InChI=1S/C19H24N4O2/c1-14-4-5-16-20-15(10-17(24)23(16)11-14)12-22-9-7-19(13-22)6-3-8-21(2)18(19)25/h4-5,10-11H,3,6-9,12-13H2,1-2H3. The van der Waals surface area contributed by atoms with Gasteiger partial charge in [-0.25, -0.2) is 4.98 Å². The minimum atomic E-state index is -0.226. The Morgan fingerprint density at radius 3 is 2.88 bits per heavy atom. The quantitative estimate of drug-likeness (QED) is 0.830. The van der Waals surface area contributed by atoms with E-state index < -0.39 is 0 Å². The van der Waals surface area contributed by atoms with Gasteiger partial charge in [-0.1, -0.05) is 6.07 Å². The number of hydrogen-bond donors (Lipinski definition) is 0. The first-order chi connectivity index (χ1) is 12.0. The lowest BCUT2D eigenvalue weighted by molar-refractivity contribution is -0.143. The van der Waals surface area contributed by atoms with E-state index in [1.54, 1.807) is 10.5 Å². The Labute approximate surface area is 147 Å². The van der Waals surface area contributed by atoms with Gasteiger partial charge in [-0.05, 0) is 44.4 Å². The van der Waals surface area contributed by atoms with Crippen molar-refractivity contribution >= 4 is 11.6 Å². The summed E-state index contributed by atoms with van der Waals surface area (Å²) < 4.78 is 1.59. The van der Waals surface area contributed by atoms with E-state index in [0.29, 0.717) is 12.2 Å². The second kappa shape index (κ2) is 5.95. The molecular formula is C19H24N4O2. The van der Waals surface area contributed by atoms with Gasteiger partial charge in [-0.15, -0.1) is 0 Å². The number of fused-ring (bicyclic) bond motifs is 1. The lowest BCUT2D eigenvalue weighted by Gasteiger charge is -2.37. The van der Waals surface area contributed by atoms with Crippen LogP contribution in [0.3, 0.4) is 0 Å². The number of piperidine rings is 1. The number of nitrogens with zero attached hydrogens (tertiary/aromatic N) is 4. The zero-order chi connectivity index (χ0) is 17.6. The zero-order valence-electron chi connectivity index (χ0n) is 14.9. The highest BCUT2D eigenvalue weighted by atomic mass is 16.2. The molecule has 2 aromatic rings. The first kappa shape index (κ1) is 16.3. The van der Waals surface area contributed by atoms with Gasteiger partial charge in [0.15, 0.2) is 0 Å². The molecule has 6 heteroatoms. The van der Waals surface area contributed by atoms with Crippen LogP contribution in [0.5, 0.6) is 0 Å². The number of pyridine rings is 1. The molecule has 0 aromatic carbocycles. The Hall–Kier alpha value is -2.21. The second-order valence-electron chi connectivity index (χ2n) is 7.59. The van der Waals surface area contributed by atoms with Crippen LogP contribution >= 0.6 is 0 Å². The Kier molecular flexibility index (Phi) is 3.87. The van der Waals surface area contributed by atoms with Crippen LogP contribution in [0.2, 0.25) is 0 Å². The molecule has 4 heterocycles. The van der Waals surface area contributed by atoms with Crippen LogP contribution in [0.1, 0.15) is 30.5 Å². The molecule has 2 aliphatic heterocycles. The number of likely N-dealkylation sites (tertiary alicyclic amines) is 2. The van der Waals surface area contributed by atoms with Crippen molar-refractivity contribution in [2.75, 3.05) is 26.7 Å². The highest BCUT2D eigenvalue weighted by Gasteiger charge is 2.47. The van der Waals surface area contributed by atoms with Gasteiger partial charge >= 0.3 is 0 Å². The normalized spacial score (nSPS) is 24.6. The van der Waals surface area contributed by atoms with Gasteiger partial charge in [-0.2, -0.15) is 0 Å². The van der Waals surface area contributed by atoms with E-state index in [1.165, 1.54) is 0 Å². The Balaban J connectivity index is 1.55. The lowest BCUT2D eigenvalue weighted by atomic mass is 9.78. The number of rotatable bonds is 2. The molecule has 2 fully saturated rings. The van der Waals surface area contributed by atoms with Crippen molar-refractivity contribution in [2.45, 2.75) is 32.7 Å². The summed E-state index contributed by atoms with van der Waals surface area (Å²) in [5.74, 6) is 0.281. The van der Waals surface area contributed by atoms with Crippen molar-refractivity contribution in [2.24, 2.45) is 5.41 Å². The molecule has 25 heavy (non-hydrogen) atoms. The minimum Gasteiger partial charge on any atom is -0.345 e. The molecule has 0 N–H and O–H groups in total. The van der Waals surface area contributed by atoms with Crippen LogP contribution in [0.15, 0.2) is 29.2 Å². The summed E-state index contributed by atoms with van der Waals surface area (Å²) in [6.45, 7) is 5.10. The number of aryl methyl sites for hydroxylation is 1. The van der Waals surface area contributed by atoms with Crippen molar-refractivity contribution < 1.29 is 4.79 Å². The van der Waals surface area contributed by atoms with Crippen LogP contribution < -0.4 is 5.56 Å². The predicted octanol–water partition coefficient (Wildman–Crippen LogP) is 1.45. The Bertz CT molecular complexity index is 891. The Morgan fingerprint density at radius 1 is 1.20 bits per heavy atom. The molecule has 2 saturated heterocycles. The topological polar surface area (TPSA) is 57.9 Å². The third-order valence-corrected chi connectivity index (χ3v) is 5.63. The summed E-state index contributed by atoms with van der Waals surface area (Å²) in [4.78, 5) is 33.8. The SMILES string of the molecule is Cc1ccc2nc(CN3CCC4(CCCN(C)C4=O)C3)cc(=O)n2c1. The number of aromatic nitrogens is 2. The highest BCUT2D eigenvalue weighted by molar-refractivity contribution is 5.83. The maximum Gasteiger partial charge on any atom is 0.258 e. The fourth-order valence-corrected chi connectivity index (χ4v) is 4.31. The number of hydrogen-bond acceptors (Lipinski definition) is 4. The van der Waals surface area contributed by atoms with Gasteiger partial charge < -0.3 is 4.90 Å². The van der Waals surface area contributed by atoms with Gasteiger partial charge in [0.05, 0.1) is 11.1 Å². The van der Waals surface area contributed by atoms with Crippen molar-refractivity contribution in [1.29, 1.82) is 0 Å². The average Bonchev–Trinajstić information content (AvgIpc) is 2.97. The largest absolute Gasteiger partial charge is 0.345 e. The van der Waals surface area contributed by atoms with E-state index in [4.69, 9.17) is 0 Å². The van der Waals surface area contributed by atoms with Gasteiger partial charge in [0.2, 0.25) is 5.91 Å². The van der Waals surface area contributed by atoms with Crippen molar-refractivity contribution in [3.05, 3.63) is 46.0 Å². The van der Waals surface area contributed by atoms with E-state index in [9.17, 15) is 9.59 Å². The fraction of sp³-hybridized carbons (Fsp3) is 0.526. The maximum atomic E-state index is 12.6. The lowest BCUT2D eigenvalue weighted by Crippen LogP contribution is -2.48. The molecule has 1 unspecified atom stereocenters. The summed E-state index contributed by atoms with van der Waals surface area (Å²) >= 11 is 0. The van der Waals surface area contributed by atoms with E-state index in [0.717, 1.165) is 50.2 Å². The van der Waals surface area contributed by atoms with Crippen LogP contribution in [0.25, 0.3) is 5.65 Å². The number of amides is 1. The van der Waals surface area contributed by atoms with Crippen molar-refractivity contribution in [1.82, 2.24) is 19.2 Å². The summed E-state index contributed by atoms with van der Waals surface area (Å²) in [7, 11) is 1.90. The van der Waals surface area contributed by atoms with Gasteiger partial charge in [0.1, 0.15) is 5.65 Å². The number of carbonyl (C=O) groups is 1. The van der Waals surface area contributed by atoms with Crippen LogP contribution in [0, 0.1) is 12.3 Å². The average molecular weight is 340 g/mol. The molecule has 1 atom stereocenters. The fourth-order valence-electron chi connectivity index (χ4n) is 4.31. The molecular weight excluding hydrogens is 316 g/mol. The van der Waals surface area contributed by atoms with E-state index in [1.807, 2.05) is 37.2 Å². The molecule has 2 aliphatic rings. The Morgan fingerprint density at radius 2 is 2.04 bits per heavy atom. The molecule has 6 nitrogen and oxygen atoms in total. The summed E-state index contributed by atoms with van der Waals surface area (Å²) in [6.07, 6.45) is 4.77. The first-order valence-electron chi connectivity index (χ1n) is 8.94.